The van der Waals surface area contributed by atoms with Gasteiger partial charge in [0.05, 0.1) is 10.6 Å². The van der Waals surface area contributed by atoms with Gasteiger partial charge in [0.15, 0.2) is 0 Å². The van der Waals surface area contributed by atoms with E-state index in [-0.39, 0.29) is 11.4 Å². The van der Waals surface area contributed by atoms with Gasteiger partial charge in [0, 0.05) is 22.5 Å². The highest BCUT2D eigenvalue weighted by atomic mass is 16.6. The molecule has 0 aliphatic heterocycles. The minimum atomic E-state index is -0.717. The number of hydrazine groups is 1. The average Bonchev–Trinajstić information content (AvgIpc) is 3.16. The van der Waals surface area contributed by atoms with Crippen LogP contribution in [0.25, 0.3) is 21.7 Å². The molecule has 3 aromatic carbocycles. The van der Waals surface area contributed by atoms with Crippen molar-refractivity contribution in [3.63, 3.8) is 0 Å². The lowest BCUT2D eigenvalue weighted by Gasteiger charge is -2.14. The number of aromatic amines is 1. The molecule has 4 rings (SSSR count). The number of amides is 1. The molecule has 0 spiro atoms. The summed E-state index contributed by atoms with van der Waals surface area (Å²) in [5, 5.41) is 16.4. The molecule has 1 heterocycles. The van der Waals surface area contributed by atoms with Gasteiger partial charge in [-0.05, 0) is 29.7 Å². The van der Waals surface area contributed by atoms with Crippen LogP contribution in [0.5, 0.6) is 0 Å². The number of hydrogen-bond acceptors (Lipinski definition) is 7. The maximum atomic E-state index is 12.7. The standard InChI is InChI=1S/C20H19N7O3/c21-20(22)26-25-15-5-1-3-11-9-13(7-8-14(11)15)23-19(28)16-10-12-4-2-6-17(27(29)30)18(12)24-16/h1-10,20,24-26H,21-22H2,(H,23,28). The van der Waals surface area contributed by atoms with Gasteiger partial charge in [-0.25, -0.2) is 5.43 Å². The number of non-ortho nitro benzene ring substituents is 1. The number of hydrogen-bond donors (Lipinski definition) is 6. The summed E-state index contributed by atoms with van der Waals surface area (Å²) in [5.41, 5.74) is 18.5. The number of nitrogens with two attached hydrogens (primary N) is 2. The lowest BCUT2D eigenvalue weighted by Crippen LogP contribution is -2.48. The number of benzene rings is 3. The van der Waals surface area contributed by atoms with E-state index in [1.807, 2.05) is 30.3 Å². The summed E-state index contributed by atoms with van der Waals surface area (Å²) in [6, 6.07) is 17.3. The average molecular weight is 405 g/mol. The van der Waals surface area contributed by atoms with Crippen LogP contribution in [0.2, 0.25) is 0 Å². The molecule has 10 heteroatoms. The number of fused-ring (bicyclic) bond motifs is 2. The van der Waals surface area contributed by atoms with Gasteiger partial charge in [0.2, 0.25) is 0 Å². The number of para-hydroxylation sites is 1. The maximum absolute atomic E-state index is 12.7. The zero-order valence-corrected chi connectivity index (χ0v) is 15.7. The van der Waals surface area contributed by atoms with E-state index in [4.69, 9.17) is 11.5 Å². The summed E-state index contributed by atoms with van der Waals surface area (Å²) in [7, 11) is 0. The lowest BCUT2D eigenvalue weighted by molar-refractivity contribution is -0.383. The molecule has 1 amide bonds. The first-order chi connectivity index (χ1) is 14.4. The second-order valence-corrected chi connectivity index (χ2v) is 6.67. The van der Waals surface area contributed by atoms with Crippen LogP contribution >= 0.6 is 0 Å². The molecule has 30 heavy (non-hydrogen) atoms. The highest BCUT2D eigenvalue weighted by Gasteiger charge is 2.17. The molecule has 0 aliphatic carbocycles. The third kappa shape index (κ3) is 3.78. The Balaban J connectivity index is 1.59. The lowest BCUT2D eigenvalue weighted by atomic mass is 10.1. The summed E-state index contributed by atoms with van der Waals surface area (Å²) in [6.07, 6.45) is -0.717. The number of carbonyl (C=O) groups is 1. The van der Waals surface area contributed by atoms with Crippen molar-refractivity contribution in [1.82, 2.24) is 10.4 Å². The van der Waals surface area contributed by atoms with Gasteiger partial charge in [-0.15, -0.1) is 0 Å². The zero-order chi connectivity index (χ0) is 21.3. The number of H-pyrrole nitrogens is 1. The highest BCUT2D eigenvalue weighted by molar-refractivity contribution is 6.08. The number of nitrogens with zero attached hydrogens (tertiary/aromatic N) is 1. The Hall–Kier alpha value is -3.99. The van der Waals surface area contributed by atoms with Crippen LogP contribution in [0.15, 0.2) is 60.7 Å². The van der Waals surface area contributed by atoms with Gasteiger partial charge in [-0.1, -0.05) is 30.3 Å². The summed E-state index contributed by atoms with van der Waals surface area (Å²) in [5.74, 6) is -0.398. The molecule has 1 aromatic heterocycles. The van der Waals surface area contributed by atoms with Crippen molar-refractivity contribution >= 4 is 44.6 Å². The third-order valence-electron chi connectivity index (χ3n) is 4.59. The van der Waals surface area contributed by atoms with E-state index in [1.54, 1.807) is 24.3 Å². The molecular formula is C20H19N7O3. The number of anilines is 2. The highest BCUT2D eigenvalue weighted by Crippen LogP contribution is 2.28. The predicted octanol–water partition coefficient (Wildman–Crippen LogP) is 2.60. The van der Waals surface area contributed by atoms with Crippen LogP contribution in [0.3, 0.4) is 0 Å². The molecule has 8 N–H and O–H groups in total. The Morgan fingerprint density at radius 1 is 1.03 bits per heavy atom. The maximum Gasteiger partial charge on any atom is 0.293 e. The first-order valence-electron chi connectivity index (χ1n) is 9.05. The number of nitro benzene ring substituents is 1. The SMILES string of the molecule is NC(N)NNc1cccc2cc(NC(=O)c3cc4cccc([N+](=O)[O-])c4[nH]3)ccc12. The second kappa shape index (κ2) is 7.79. The van der Waals surface area contributed by atoms with Crippen molar-refractivity contribution in [1.29, 1.82) is 0 Å². The van der Waals surface area contributed by atoms with Crippen molar-refractivity contribution in [2.24, 2.45) is 11.5 Å². The summed E-state index contributed by atoms with van der Waals surface area (Å²) in [4.78, 5) is 26.2. The third-order valence-corrected chi connectivity index (χ3v) is 4.59. The van der Waals surface area contributed by atoms with Crippen molar-refractivity contribution in [3.05, 3.63) is 76.5 Å². The molecule has 4 aromatic rings. The topological polar surface area (TPSA) is 164 Å². The zero-order valence-electron chi connectivity index (χ0n) is 15.7. The molecule has 152 valence electrons. The largest absolute Gasteiger partial charge is 0.345 e. The smallest absolute Gasteiger partial charge is 0.293 e. The van der Waals surface area contributed by atoms with Gasteiger partial charge in [-0.2, -0.15) is 0 Å². The molecule has 0 aliphatic rings. The van der Waals surface area contributed by atoms with Crippen molar-refractivity contribution < 1.29 is 9.72 Å². The van der Waals surface area contributed by atoms with Gasteiger partial charge in [-0.3, -0.25) is 14.9 Å². The van der Waals surface area contributed by atoms with Crippen LogP contribution in [0.4, 0.5) is 17.1 Å². The number of carbonyl (C=O) groups excluding carboxylic acids is 1. The van der Waals surface area contributed by atoms with Crippen LogP contribution in [-0.2, 0) is 0 Å². The van der Waals surface area contributed by atoms with Gasteiger partial charge >= 0.3 is 0 Å². The van der Waals surface area contributed by atoms with E-state index in [0.717, 1.165) is 16.5 Å². The van der Waals surface area contributed by atoms with Gasteiger partial charge < -0.3 is 27.2 Å². The minimum absolute atomic E-state index is 0.0805. The Morgan fingerprint density at radius 3 is 2.57 bits per heavy atom. The van der Waals surface area contributed by atoms with E-state index in [2.05, 4.69) is 21.2 Å². The molecule has 0 bridgehead atoms. The minimum Gasteiger partial charge on any atom is -0.345 e. The number of aromatic nitrogens is 1. The molecule has 0 unspecified atom stereocenters. The normalized spacial score (nSPS) is 11.2. The van der Waals surface area contributed by atoms with E-state index in [1.165, 1.54) is 6.07 Å². The quantitative estimate of drug-likeness (QED) is 0.163. The van der Waals surface area contributed by atoms with Crippen molar-refractivity contribution in [3.8, 4) is 0 Å². The molecular weight excluding hydrogens is 386 g/mol. The molecule has 10 nitrogen and oxygen atoms in total. The van der Waals surface area contributed by atoms with Crippen LogP contribution in [0.1, 0.15) is 10.5 Å². The first kappa shape index (κ1) is 19.3. The fourth-order valence-corrected chi connectivity index (χ4v) is 3.24. The van der Waals surface area contributed by atoms with Crippen LogP contribution in [0, 0.1) is 10.1 Å². The predicted molar refractivity (Wildman–Crippen MR) is 116 cm³/mol. The van der Waals surface area contributed by atoms with E-state index >= 15 is 0 Å². The van der Waals surface area contributed by atoms with E-state index in [0.29, 0.717) is 16.6 Å². The van der Waals surface area contributed by atoms with Crippen LogP contribution < -0.4 is 27.6 Å². The molecule has 0 saturated heterocycles. The van der Waals surface area contributed by atoms with Crippen molar-refractivity contribution in [2.45, 2.75) is 6.29 Å². The monoisotopic (exact) mass is 405 g/mol. The molecule has 0 radical (unpaired) electrons. The number of nitrogens with one attached hydrogen (secondary N) is 4. The Labute approximate surface area is 170 Å². The Kier molecular flexibility index (Phi) is 5.02. The first-order valence-corrected chi connectivity index (χ1v) is 9.05. The number of nitro groups is 1. The molecule has 0 atom stereocenters. The summed E-state index contributed by atoms with van der Waals surface area (Å²) >= 11 is 0. The van der Waals surface area contributed by atoms with Gasteiger partial charge in [0.25, 0.3) is 11.6 Å². The Morgan fingerprint density at radius 2 is 1.80 bits per heavy atom. The fraction of sp³-hybridized carbons (Fsp3) is 0.0500. The molecule has 0 fully saturated rings. The Bertz CT molecular complexity index is 1270. The fourth-order valence-electron chi connectivity index (χ4n) is 3.24. The van der Waals surface area contributed by atoms with Crippen LogP contribution in [-0.4, -0.2) is 22.1 Å². The summed E-state index contributed by atoms with van der Waals surface area (Å²) < 4.78 is 0. The van der Waals surface area contributed by atoms with E-state index < -0.39 is 17.1 Å². The molecule has 0 saturated carbocycles. The second-order valence-electron chi connectivity index (χ2n) is 6.67. The van der Waals surface area contributed by atoms with Crippen molar-refractivity contribution in [2.75, 3.05) is 10.7 Å². The summed E-state index contributed by atoms with van der Waals surface area (Å²) in [6.45, 7) is 0. The van der Waals surface area contributed by atoms with Gasteiger partial charge in [0.1, 0.15) is 17.5 Å². The number of rotatable bonds is 6. The van der Waals surface area contributed by atoms with E-state index in [9.17, 15) is 14.9 Å².